The van der Waals surface area contributed by atoms with Crippen molar-refractivity contribution in [3.05, 3.63) is 0 Å². The molecule has 2 fully saturated rings. The minimum Gasteiger partial charge on any atom is -0.391 e. The second-order valence-electron chi connectivity index (χ2n) is 5.49. The highest BCUT2D eigenvalue weighted by Gasteiger charge is 2.39. The van der Waals surface area contributed by atoms with Crippen molar-refractivity contribution in [2.75, 3.05) is 39.3 Å². The van der Waals surface area contributed by atoms with Gasteiger partial charge in [-0.05, 0) is 20.3 Å². The molecule has 0 bridgehead atoms. The summed E-state index contributed by atoms with van der Waals surface area (Å²) in [6, 6.07) is 0. The zero-order valence-electron chi connectivity index (χ0n) is 10.8. The number of likely N-dealkylation sites (tertiary alicyclic amines) is 1. The van der Waals surface area contributed by atoms with Gasteiger partial charge in [0.05, 0.1) is 11.6 Å². The number of β-amino-alcohol motifs (C(OH)–C–C–N with tert-alkyl or cyclic N) is 1. The third-order valence-electron chi connectivity index (χ3n) is 3.88. The minimum atomic E-state index is -0.452. The van der Waals surface area contributed by atoms with E-state index < -0.39 is 5.54 Å². The fourth-order valence-electron chi connectivity index (χ4n) is 2.67. The number of carbonyl (C=O) groups excluding carboxylic acids is 1. The van der Waals surface area contributed by atoms with Crippen molar-refractivity contribution in [3.8, 4) is 0 Å². The Morgan fingerprint density at radius 1 is 1.29 bits per heavy atom. The average Bonchev–Trinajstić information content (AvgIpc) is 2.76. The standard InChI is InChI=1S/C12H23N3O2/c1-12(2,15-7-4-13-5-8-15)11(17)14-6-3-10(16)9-14/h10,13,16H,3-9H2,1-2H3/t10-/m0/s1. The van der Waals surface area contributed by atoms with Gasteiger partial charge in [0.25, 0.3) is 0 Å². The second kappa shape index (κ2) is 4.92. The molecule has 0 unspecified atom stereocenters. The summed E-state index contributed by atoms with van der Waals surface area (Å²) in [6.07, 6.45) is 0.376. The van der Waals surface area contributed by atoms with Gasteiger partial charge in [0.1, 0.15) is 0 Å². The maximum Gasteiger partial charge on any atom is 0.242 e. The van der Waals surface area contributed by atoms with Gasteiger partial charge in [-0.15, -0.1) is 0 Å². The number of nitrogens with one attached hydrogen (secondary N) is 1. The quantitative estimate of drug-likeness (QED) is 0.669. The van der Waals surface area contributed by atoms with Crippen LogP contribution in [0.3, 0.4) is 0 Å². The van der Waals surface area contributed by atoms with E-state index in [1.165, 1.54) is 0 Å². The van der Waals surface area contributed by atoms with E-state index in [-0.39, 0.29) is 12.0 Å². The van der Waals surface area contributed by atoms with Gasteiger partial charge in [0.15, 0.2) is 0 Å². The molecule has 1 atom stereocenters. The van der Waals surface area contributed by atoms with E-state index in [0.29, 0.717) is 19.5 Å². The molecule has 2 rings (SSSR count). The van der Waals surface area contributed by atoms with Crippen LogP contribution in [0.1, 0.15) is 20.3 Å². The summed E-state index contributed by atoms with van der Waals surface area (Å²) < 4.78 is 0. The first-order valence-electron chi connectivity index (χ1n) is 6.45. The third-order valence-corrected chi connectivity index (χ3v) is 3.88. The van der Waals surface area contributed by atoms with Crippen molar-refractivity contribution >= 4 is 5.91 Å². The first-order chi connectivity index (χ1) is 8.01. The summed E-state index contributed by atoms with van der Waals surface area (Å²) >= 11 is 0. The van der Waals surface area contributed by atoms with Crippen LogP contribution in [0.15, 0.2) is 0 Å². The Morgan fingerprint density at radius 2 is 1.94 bits per heavy atom. The van der Waals surface area contributed by atoms with E-state index in [9.17, 15) is 9.90 Å². The molecule has 98 valence electrons. The fourth-order valence-corrected chi connectivity index (χ4v) is 2.67. The highest BCUT2D eigenvalue weighted by Crippen LogP contribution is 2.21. The van der Waals surface area contributed by atoms with E-state index in [1.54, 1.807) is 4.90 Å². The van der Waals surface area contributed by atoms with E-state index in [0.717, 1.165) is 26.2 Å². The molecule has 0 saturated carbocycles. The van der Waals surface area contributed by atoms with Crippen molar-refractivity contribution in [2.45, 2.75) is 31.9 Å². The average molecular weight is 241 g/mol. The molecule has 0 spiro atoms. The number of aliphatic hydroxyl groups is 1. The lowest BCUT2D eigenvalue weighted by Crippen LogP contribution is -2.60. The molecule has 2 aliphatic heterocycles. The first-order valence-corrected chi connectivity index (χ1v) is 6.45. The SMILES string of the molecule is CC(C)(C(=O)N1CC[C@H](O)C1)N1CCNCC1. The largest absolute Gasteiger partial charge is 0.391 e. The van der Waals surface area contributed by atoms with Crippen molar-refractivity contribution in [1.82, 2.24) is 15.1 Å². The van der Waals surface area contributed by atoms with E-state index >= 15 is 0 Å². The fraction of sp³-hybridized carbons (Fsp3) is 0.917. The van der Waals surface area contributed by atoms with Crippen LogP contribution in [0.5, 0.6) is 0 Å². The van der Waals surface area contributed by atoms with Gasteiger partial charge in [0.2, 0.25) is 5.91 Å². The number of amides is 1. The molecule has 2 heterocycles. The molecule has 0 aliphatic carbocycles. The van der Waals surface area contributed by atoms with Gasteiger partial charge in [-0.1, -0.05) is 0 Å². The van der Waals surface area contributed by atoms with Crippen molar-refractivity contribution in [1.29, 1.82) is 0 Å². The Hall–Kier alpha value is -0.650. The van der Waals surface area contributed by atoms with Crippen molar-refractivity contribution in [2.24, 2.45) is 0 Å². The number of rotatable bonds is 2. The summed E-state index contributed by atoms with van der Waals surface area (Å²) in [5.41, 5.74) is -0.452. The molecule has 0 aromatic carbocycles. The Labute approximate surface area is 103 Å². The molecule has 5 heteroatoms. The normalized spacial score (nSPS) is 27.5. The molecule has 0 aromatic rings. The highest BCUT2D eigenvalue weighted by molar-refractivity contribution is 5.85. The number of nitrogens with zero attached hydrogens (tertiary/aromatic N) is 2. The molecular formula is C12H23N3O2. The van der Waals surface area contributed by atoms with Crippen LogP contribution in [0, 0.1) is 0 Å². The van der Waals surface area contributed by atoms with Gasteiger partial charge in [-0.2, -0.15) is 0 Å². The first kappa shape index (κ1) is 12.8. The monoisotopic (exact) mass is 241 g/mol. The van der Waals surface area contributed by atoms with Crippen LogP contribution >= 0.6 is 0 Å². The van der Waals surface area contributed by atoms with Crippen LogP contribution in [0.25, 0.3) is 0 Å². The summed E-state index contributed by atoms with van der Waals surface area (Å²) in [6.45, 7) is 8.88. The number of aliphatic hydroxyl groups excluding tert-OH is 1. The zero-order chi connectivity index (χ0) is 12.5. The van der Waals surface area contributed by atoms with Crippen molar-refractivity contribution in [3.63, 3.8) is 0 Å². The summed E-state index contributed by atoms with van der Waals surface area (Å²) in [4.78, 5) is 16.5. The van der Waals surface area contributed by atoms with Crippen LogP contribution in [0.2, 0.25) is 0 Å². The van der Waals surface area contributed by atoms with Gasteiger partial charge in [-0.3, -0.25) is 9.69 Å². The molecule has 2 N–H and O–H groups in total. The van der Waals surface area contributed by atoms with Gasteiger partial charge in [0, 0.05) is 39.3 Å². The maximum atomic E-state index is 12.5. The Morgan fingerprint density at radius 3 is 2.47 bits per heavy atom. The smallest absolute Gasteiger partial charge is 0.242 e. The Kier molecular flexibility index (Phi) is 3.70. The van der Waals surface area contributed by atoms with Gasteiger partial charge in [-0.25, -0.2) is 0 Å². The lowest BCUT2D eigenvalue weighted by Gasteiger charge is -2.41. The Balaban J connectivity index is 2.00. The van der Waals surface area contributed by atoms with Crippen LogP contribution < -0.4 is 5.32 Å². The van der Waals surface area contributed by atoms with E-state index in [1.807, 2.05) is 13.8 Å². The molecule has 1 amide bonds. The zero-order valence-corrected chi connectivity index (χ0v) is 10.8. The molecule has 5 nitrogen and oxygen atoms in total. The summed E-state index contributed by atoms with van der Waals surface area (Å²) in [7, 11) is 0. The predicted molar refractivity (Wildman–Crippen MR) is 65.7 cm³/mol. The van der Waals surface area contributed by atoms with Crippen LogP contribution in [-0.2, 0) is 4.79 Å². The molecular weight excluding hydrogens is 218 g/mol. The third kappa shape index (κ3) is 2.61. The second-order valence-corrected chi connectivity index (χ2v) is 5.49. The highest BCUT2D eigenvalue weighted by atomic mass is 16.3. The van der Waals surface area contributed by atoms with Crippen molar-refractivity contribution < 1.29 is 9.90 Å². The van der Waals surface area contributed by atoms with Crippen LogP contribution in [0.4, 0.5) is 0 Å². The molecule has 17 heavy (non-hydrogen) atoms. The summed E-state index contributed by atoms with van der Waals surface area (Å²) in [5.74, 6) is 0.149. The van der Waals surface area contributed by atoms with Crippen LogP contribution in [-0.4, -0.2) is 71.7 Å². The maximum absolute atomic E-state index is 12.5. The molecule has 0 radical (unpaired) electrons. The molecule has 0 aromatic heterocycles. The number of hydrogen-bond acceptors (Lipinski definition) is 4. The Bertz CT molecular complexity index is 287. The van der Waals surface area contributed by atoms with E-state index in [2.05, 4.69) is 10.2 Å². The van der Waals surface area contributed by atoms with E-state index in [4.69, 9.17) is 0 Å². The lowest BCUT2D eigenvalue weighted by atomic mass is 9.99. The molecule has 2 aliphatic rings. The number of piperazine rings is 1. The number of hydrogen-bond donors (Lipinski definition) is 2. The summed E-state index contributed by atoms with van der Waals surface area (Å²) in [5, 5.41) is 12.8. The number of carbonyl (C=O) groups is 1. The lowest BCUT2D eigenvalue weighted by molar-refractivity contribution is -0.142. The molecule has 2 saturated heterocycles. The van der Waals surface area contributed by atoms with Gasteiger partial charge < -0.3 is 15.3 Å². The minimum absolute atomic E-state index is 0.149. The predicted octanol–water partition coefficient (Wildman–Crippen LogP) is -0.737. The van der Waals surface area contributed by atoms with Gasteiger partial charge >= 0.3 is 0 Å². The topological polar surface area (TPSA) is 55.8 Å².